The molecule has 3 fully saturated rings. The van der Waals surface area contributed by atoms with Gasteiger partial charge in [-0.3, -0.25) is 9.88 Å². The van der Waals surface area contributed by atoms with E-state index in [9.17, 15) is 4.79 Å². The van der Waals surface area contributed by atoms with Crippen molar-refractivity contribution in [1.82, 2.24) is 9.88 Å². The van der Waals surface area contributed by atoms with Crippen molar-refractivity contribution in [2.45, 2.75) is 25.0 Å². The molecule has 4 heterocycles. The van der Waals surface area contributed by atoms with Crippen molar-refractivity contribution < 1.29 is 14.3 Å². The second-order valence-electron chi connectivity index (χ2n) is 11.0. The molecule has 0 radical (unpaired) electrons. The van der Waals surface area contributed by atoms with Crippen LogP contribution in [0.1, 0.15) is 34.9 Å². The predicted molar refractivity (Wildman–Crippen MR) is 160 cm³/mol. The number of hydrogen-bond donors (Lipinski definition) is 0. The second-order valence-corrected chi connectivity index (χ2v) is 11.0. The molecular formula is C35H32N2O3. The van der Waals surface area contributed by atoms with Crippen LogP contribution in [0.15, 0.2) is 97.7 Å². The van der Waals surface area contributed by atoms with Crippen LogP contribution in [0.5, 0.6) is 5.75 Å². The second kappa shape index (κ2) is 10.1. The van der Waals surface area contributed by atoms with Crippen LogP contribution in [0.3, 0.4) is 0 Å². The molecular weight excluding hydrogens is 496 g/mol. The number of carbonyl (C=O) groups is 1. The fourth-order valence-corrected chi connectivity index (χ4v) is 6.97. The molecule has 3 saturated heterocycles. The lowest BCUT2D eigenvalue weighted by Crippen LogP contribution is -2.55. The van der Waals surface area contributed by atoms with E-state index in [1.54, 1.807) is 7.11 Å². The Morgan fingerprint density at radius 3 is 2.42 bits per heavy atom. The first-order valence-electron chi connectivity index (χ1n) is 14.1. The van der Waals surface area contributed by atoms with Crippen molar-refractivity contribution in [3.05, 3.63) is 109 Å². The van der Waals surface area contributed by atoms with Gasteiger partial charge in [0.2, 0.25) is 0 Å². The molecule has 4 aromatic carbocycles. The van der Waals surface area contributed by atoms with Crippen LogP contribution in [0, 0.1) is 11.8 Å². The quantitative estimate of drug-likeness (QED) is 0.131. The first-order chi connectivity index (χ1) is 19.6. The van der Waals surface area contributed by atoms with Gasteiger partial charge in [0.1, 0.15) is 11.9 Å². The minimum absolute atomic E-state index is 0.0666. The number of esters is 1. The van der Waals surface area contributed by atoms with Crippen LogP contribution in [0.4, 0.5) is 0 Å². The van der Waals surface area contributed by atoms with Crippen LogP contribution >= 0.6 is 0 Å². The highest BCUT2D eigenvalue weighted by Crippen LogP contribution is 2.44. The summed E-state index contributed by atoms with van der Waals surface area (Å²) in [5.41, 5.74) is 2.44. The molecule has 3 aliphatic heterocycles. The lowest BCUT2D eigenvalue weighted by Gasteiger charge is -2.51. The molecule has 5 atom stereocenters. The zero-order chi connectivity index (χ0) is 27.2. The molecule has 200 valence electrons. The Bertz CT molecular complexity index is 1710. The van der Waals surface area contributed by atoms with Gasteiger partial charge in [0.15, 0.2) is 0 Å². The number of hydrogen-bond acceptors (Lipinski definition) is 5. The molecule has 5 nitrogen and oxygen atoms in total. The number of fused-ring (bicyclic) bond motifs is 6. The van der Waals surface area contributed by atoms with Gasteiger partial charge in [0.25, 0.3) is 0 Å². The summed E-state index contributed by atoms with van der Waals surface area (Å²) in [4.78, 5) is 21.5. The van der Waals surface area contributed by atoms with Crippen molar-refractivity contribution in [1.29, 1.82) is 0 Å². The standard InChI is InChI=1S/C35H32N2O3/c1-3-22-21-37-17-15-23(22)19-32(37)34(29-14-16-36-31-13-12-26(39-2)20-30(29)31)40-35(38)33-27-10-6-4-8-24(27)18-25-9-5-7-11-28(25)33/h3-14,16,18,20,22-23,32,34H,1,15,17,19,21H2,2H3/t22-,23-,32+,34-/m0/s1. The minimum Gasteiger partial charge on any atom is -0.497 e. The number of pyridine rings is 1. The highest BCUT2D eigenvalue weighted by atomic mass is 16.5. The van der Waals surface area contributed by atoms with Crippen molar-refractivity contribution in [3.8, 4) is 5.75 Å². The Balaban J connectivity index is 1.38. The van der Waals surface area contributed by atoms with E-state index in [1.165, 1.54) is 0 Å². The highest BCUT2D eigenvalue weighted by Gasteiger charge is 2.44. The summed E-state index contributed by atoms with van der Waals surface area (Å²) in [5, 5.41) is 4.81. The zero-order valence-electron chi connectivity index (χ0n) is 22.6. The number of benzene rings is 4. The Morgan fingerprint density at radius 1 is 1.00 bits per heavy atom. The zero-order valence-corrected chi connectivity index (χ0v) is 22.6. The summed E-state index contributed by atoms with van der Waals surface area (Å²) in [6.07, 6.45) is 5.56. The van der Waals surface area contributed by atoms with E-state index in [4.69, 9.17) is 9.47 Å². The van der Waals surface area contributed by atoms with Crippen molar-refractivity contribution in [2.24, 2.45) is 11.8 Å². The van der Waals surface area contributed by atoms with Gasteiger partial charge in [-0.15, -0.1) is 6.58 Å². The molecule has 2 bridgehead atoms. The Labute approximate surface area is 234 Å². The molecule has 40 heavy (non-hydrogen) atoms. The normalized spacial score (nSPS) is 22.8. The number of methoxy groups -OCH3 is 1. The molecule has 1 aromatic heterocycles. The monoisotopic (exact) mass is 528 g/mol. The van der Waals surface area contributed by atoms with E-state index in [2.05, 4.69) is 40.7 Å². The third-order valence-corrected chi connectivity index (χ3v) is 9.00. The van der Waals surface area contributed by atoms with Crippen LogP contribution in [0.25, 0.3) is 32.4 Å². The van der Waals surface area contributed by atoms with Crippen LogP contribution in [0.2, 0.25) is 0 Å². The maximum Gasteiger partial charge on any atom is 0.340 e. The Kier molecular flexibility index (Phi) is 6.24. The SMILES string of the molecule is C=C[C@H]1CN2CC[C@H]1C[C@@H]2[C@@H](OC(=O)c1c2ccccc2cc2ccccc12)c1ccnc2ccc(OC)cc12. The first-order valence-corrected chi connectivity index (χ1v) is 14.1. The third kappa shape index (κ3) is 4.13. The van der Waals surface area contributed by atoms with Gasteiger partial charge in [0, 0.05) is 23.7 Å². The Hall–Kier alpha value is -4.22. The molecule has 0 amide bonds. The smallest absolute Gasteiger partial charge is 0.340 e. The topological polar surface area (TPSA) is 51.7 Å². The molecule has 8 rings (SSSR count). The van der Waals surface area contributed by atoms with Gasteiger partial charge in [-0.1, -0.05) is 54.6 Å². The Morgan fingerprint density at radius 2 is 1.75 bits per heavy atom. The van der Waals surface area contributed by atoms with Crippen molar-refractivity contribution in [2.75, 3.05) is 20.2 Å². The molecule has 1 unspecified atom stereocenters. The van der Waals surface area contributed by atoms with Gasteiger partial charge in [-0.05, 0) is 83.1 Å². The van der Waals surface area contributed by atoms with E-state index in [0.29, 0.717) is 17.4 Å². The van der Waals surface area contributed by atoms with E-state index >= 15 is 0 Å². The molecule has 0 spiro atoms. The van der Waals surface area contributed by atoms with E-state index in [0.717, 1.165) is 69.7 Å². The third-order valence-electron chi connectivity index (χ3n) is 9.00. The molecule has 0 saturated carbocycles. The van der Waals surface area contributed by atoms with Gasteiger partial charge in [-0.2, -0.15) is 0 Å². The summed E-state index contributed by atoms with van der Waals surface area (Å²) >= 11 is 0. The van der Waals surface area contributed by atoms with Gasteiger partial charge >= 0.3 is 5.97 Å². The number of rotatable bonds is 6. The van der Waals surface area contributed by atoms with Crippen LogP contribution in [-0.2, 0) is 4.74 Å². The fourth-order valence-electron chi connectivity index (χ4n) is 6.97. The van der Waals surface area contributed by atoms with E-state index in [1.807, 2.05) is 66.9 Å². The number of aromatic nitrogens is 1. The molecule has 5 heteroatoms. The van der Waals surface area contributed by atoms with E-state index < -0.39 is 6.10 Å². The first kappa shape index (κ1) is 24.8. The summed E-state index contributed by atoms with van der Waals surface area (Å²) in [6.45, 7) is 6.04. The van der Waals surface area contributed by atoms with Gasteiger partial charge in [-0.25, -0.2) is 4.79 Å². The summed E-state index contributed by atoms with van der Waals surface area (Å²) < 4.78 is 12.3. The largest absolute Gasteiger partial charge is 0.497 e. The lowest BCUT2D eigenvalue weighted by atomic mass is 9.73. The maximum atomic E-state index is 14.4. The summed E-state index contributed by atoms with van der Waals surface area (Å²) in [7, 11) is 1.67. The maximum absolute atomic E-state index is 14.4. The van der Waals surface area contributed by atoms with Gasteiger partial charge < -0.3 is 9.47 Å². The average Bonchev–Trinajstić information content (AvgIpc) is 3.01. The molecule has 5 aromatic rings. The number of nitrogens with zero attached hydrogens (tertiary/aromatic N) is 2. The summed E-state index contributed by atoms with van der Waals surface area (Å²) in [6, 6.07) is 26.2. The average molecular weight is 529 g/mol. The number of ether oxygens (including phenoxy) is 2. The highest BCUT2D eigenvalue weighted by molar-refractivity contribution is 6.16. The number of carbonyl (C=O) groups excluding carboxylic acids is 1. The minimum atomic E-state index is -0.462. The summed E-state index contributed by atoms with van der Waals surface area (Å²) in [5.74, 6) is 1.46. The number of piperidine rings is 3. The van der Waals surface area contributed by atoms with Crippen molar-refractivity contribution >= 4 is 38.4 Å². The molecule has 0 aliphatic carbocycles. The lowest BCUT2D eigenvalue weighted by molar-refractivity contribution is -0.0566. The van der Waals surface area contributed by atoms with Crippen LogP contribution in [-0.4, -0.2) is 42.1 Å². The molecule has 0 N–H and O–H groups in total. The van der Waals surface area contributed by atoms with Crippen LogP contribution < -0.4 is 4.74 Å². The van der Waals surface area contributed by atoms with E-state index in [-0.39, 0.29) is 12.0 Å². The fraction of sp³-hybridized carbons (Fsp3) is 0.257. The van der Waals surface area contributed by atoms with Crippen molar-refractivity contribution in [3.63, 3.8) is 0 Å². The molecule has 3 aliphatic rings. The van der Waals surface area contributed by atoms with Gasteiger partial charge in [0.05, 0.1) is 24.2 Å². The predicted octanol–water partition coefficient (Wildman–Crippen LogP) is 7.34.